The van der Waals surface area contributed by atoms with Crippen LogP contribution in [-0.2, 0) is 9.59 Å². The molecule has 0 aliphatic rings. The average Bonchev–Trinajstić information content (AvgIpc) is 2.35. The standard InChI is InChI=1S/C6H12O7.C3H6O3.Na/c7-1-2(8)3(9)4(10)5(11)6(12)13;1-2(4)3(5)6;/h2-5,7-11H,1H2,(H,12,13);2,4H,1H3,(H,5,6);/q;;+1/p-1. The Bertz CT molecular complexity index is 284. The van der Waals surface area contributed by atoms with Gasteiger partial charge < -0.3 is 45.6 Å². The van der Waals surface area contributed by atoms with Crippen molar-refractivity contribution in [3.8, 4) is 0 Å². The first-order chi connectivity index (χ1) is 8.56. The minimum Gasteiger partial charge on any atom is -0.547 e. The maximum absolute atomic E-state index is 10.1. The Labute approximate surface area is 136 Å². The van der Waals surface area contributed by atoms with E-state index >= 15 is 0 Å². The molecule has 0 aromatic heterocycles. The molecule has 0 heterocycles. The second-order valence-corrected chi connectivity index (χ2v) is 3.51. The fourth-order valence-electron chi connectivity index (χ4n) is 0.668. The molecule has 5 atom stereocenters. The molecule has 0 spiro atoms. The van der Waals surface area contributed by atoms with Gasteiger partial charge in [0.05, 0.1) is 18.7 Å². The predicted molar refractivity (Wildman–Crippen MR) is 55.4 cm³/mol. The molecule has 0 bridgehead atoms. The Hall–Kier alpha value is -0.300. The summed E-state index contributed by atoms with van der Waals surface area (Å²) in [6.45, 7) is 0.292. The van der Waals surface area contributed by atoms with Gasteiger partial charge in [-0.25, -0.2) is 4.79 Å². The second-order valence-electron chi connectivity index (χ2n) is 3.51. The Morgan fingerprint density at radius 1 is 1.05 bits per heavy atom. The van der Waals surface area contributed by atoms with Crippen molar-refractivity contribution in [1.29, 1.82) is 0 Å². The summed E-state index contributed by atoms with van der Waals surface area (Å²) < 4.78 is 0. The summed E-state index contributed by atoms with van der Waals surface area (Å²) in [5, 5.41) is 69.1. The maximum atomic E-state index is 10.1. The van der Waals surface area contributed by atoms with Gasteiger partial charge in [0.15, 0.2) is 6.10 Å². The summed E-state index contributed by atoms with van der Waals surface area (Å²) in [6.07, 6.45) is -9.18. The van der Waals surface area contributed by atoms with Crippen LogP contribution in [-0.4, -0.2) is 84.8 Å². The Morgan fingerprint density at radius 2 is 1.40 bits per heavy atom. The largest absolute Gasteiger partial charge is 1.00 e. The molecule has 20 heavy (non-hydrogen) atoms. The van der Waals surface area contributed by atoms with Crippen LogP contribution in [0.2, 0.25) is 0 Å². The van der Waals surface area contributed by atoms with Crippen LogP contribution < -0.4 is 34.7 Å². The van der Waals surface area contributed by atoms with Crippen molar-refractivity contribution < 1.29 is 80.0 Å². The van der Waals surface area contributed by atoms with Crippen LogP contribution in [0.1, 0.15) is 6.92 Å². The number of aliphatic carboxylic acids is 2. The fraction of sp³-hybridized carbons (Fsp3) is 0.778. The van der Waals surface area contributed by atoms with E-state index in [1.807, 2.05) is 0 Å². The van der Waals surface area contributed by atoms with Crippen molar-refractivity contribution in [2.75, 3.05) is 6.61 Å². The number of hydrogen-bond donors (Lipinski definition) is 7. The molecule has 11 heteroatoms. The van der Waals surface area contributed by atoms with Crippen molar-refractivity contribution in [3.05, 3.63) is 0 Å². The van der Waals surface area contributed by atoms with Gasteiger partial charge in [0.2, 0.25) is 0 Å². The zero-order valence-electron chi connectivity index (χ0n) is 10.9. The van der Waals surface area contributed by atoms with Crippen LogP contribution in [0.4, 0.5) is 0 Å². The van der Waals surface area contributed by atoms with Gasteiger partial charge >= 0.3 is 35.5 Å². The average molecular weight is 308 g/mol. The molecule has 0 saturated carbocycles. The van der Waals surface area contributed by atoms with Gasteiger partial charge in [0.25, 0.3) is 0 Å². The molecule has 0 aliphatic carbocycles. The van der Waals surface area contributed by atoms with Crippen molar-refractivity contribution in [2.24, 2.45) is 0 Å². The Balaban J connectivity index is -0.000000352. The summed E-state index contributed by atoms with van der Waals surface area (Å²) in [5.41, 5.74) is 0. The topological polar surface area (TPSA) is 199 Å². The van der Waals surface area contributed by atoms with E-state index in [1.54, 1.807) is 0 Å². The number of carbonyl (C=O) groups is 2. The first-order valence-electron chi connectivity index (χ1n) is 5.01. The van der Waals surface area contributed by atoms with E-state index in [2.05, 4.69) is 0 Å². The quantitative estimate of drug-likeness (QED) is 0.231. The summed E-state index contributed by atoms with van der Waals surface area (Å²) in [7, 11) is 0. The molecule has 0 aromatic rings. The Morgan fingerprint density at radius 3 is 1.60 bits per heavy atom. The zero-order chi connectivity index (χ0) is 15.7. The van der Waals surface area contributed by atoms with E-state index in [4.69, 9.17) is 35.7 Å². The van der Waals surface area contributed by atoms with Gasteiger partial charge in [-0.3, -0.25) is 0 Å². The number of aliphatic hydroxyl groups excluding tert-OH is 6. The van der Waals surface area contributed by atoms with E-state index in [0.29, 0.717) is 0 Å². The number of carboxylic acids is 2. The maximum Gasteiger partial charge on any atom is 1.00 e. The SMILES string of the molecule is CC(O)C(=O)[O-].O=C(O)C(O)C(O)C(O)C(O)CO.[Na+]. The van der Waals surface area contributed by atoms with E-state index < -0.39 is 49.1 Å². The summed E-state index contributed by atoms with van der Waals surface area (Å²) >= 11 is 0. The summed E-state index contributed by atoms with van der Waals surface area (Å²) in [5.74, 6) is -3.16. The third kappa shape index (κ3) is 10.5. The second kappa shape index (κ2) is 12.4. The number of carbonyl (C=O) groups excluding carboxylic acids is 1. The van der Waals surface area contributed by atoms with Crippen LogP contribution in [0.3, 0.4) is 0 Å². The van der Waals surface area contributed by atoms with E-state index in [1.165, 1.54) is 0 Å². The van der Waals surface area contributed by atoms with Gasteiger partial charge in [-0.1, -0.05) is 0 Å². The molecule has 5 unspecified atom stereocenters. The molecule has 0 saturated heterocycles. The molecule has 7 N–H and O–H groups in total. The minimum atomic E-state index is -2.20. The first-order valence-corrected chi connectivity index (χ1v) is 5.01. The van der Waals surface area contributed by atoms with Gasteiger partial charge in [-0.2, -0.15) is 0 Å². The van der Waals surface area contributed by atoms with Crippen LogP contribution >= 0.6 is 0 Å². The van der Waals surface area contributed by atoms with E-state index in [-0.39, 0.29) is 29.6 Å². The van der Waals surface area contributed by atoms with Crippen LogP contribution in [0, 0.1) is 0 Å². The number of rotatable bonds is 6. The molecule has 114 valence electrons. The Kier molecular flexibility index (Phi) is 15.4. The van der Waals surface area contributed by atoms with Crippen molar-refractivity contribution in [1.82, 2.24) is 0 Å². The molecule has 0 rings (SSSR count). The van der Waals surface area contributed by atoms with Gasteiger partial charge in [-0.05, 0) is 6.92 Å². The predicted octanol–water partition coefficient (Wildman–Crippen LogP) is -8.37. The monoisotopic (exact) mass is 308 g/mol. The number of hydrogen-bond acceptors (Lipinski definition) is 9. The molecule has 0 radical (unpaired) electrons. The number of aliphatic hydroxyl groups is 6. The summed E-state index contributed by atoms with van der Waals surface area (Å²) in [6, 6.07) is 0. The van der Waals surface area contributed by atoms with E-state index in [9.17, 15) is 14.7 Å². The molecule has 10 nitrogen and oxygen atoms in total. The molecular weight excluding hydrogens is 291 g/mol. The zero-order valence-corrected chi connectivity index (χ0v) is 12.9. The van der Waals surface area contributed by atoms with Crippen LogP contribution in [0.15, 0.2) is 0 Å². The minimum absolute atomic E-state index is 0. The third-order valence-electron chi connectivity index (χ3n) is 1.85. The molecule has 0 fully saturated rings. The molecule has 0 amide bonds. The fourth-order valence-corrected chi connectivity index (χ4v) is 0.668. The molecule has 0 aromatic carbocycles. The molecule has 0 aliphatic heterocycles. The van der Waals surface area contributed by atoms with Gasteiger partial charge in [0.1, 0.15) is 18.3 Å². The third-order valence-corrected chi connectivity index (χ3v) is 1.85. The summed E-state index contributed by atoms with van der Waals surface area (Å²) in [4.78, 5) is 19.4. The first kappa shape index (κ1) is 24.7. The normalized spacial score (nSPS) is 17.4. The number of carboxylic acid groups (broad SMARTS) is 2. The van der Waals surface area contributed by atoms with E-state index in [0.717, 1.165) is 6.92 Å². The van der Waals surface area contributed by atoms with Crippen molar-refractivity contribution >= 4 is 11.9 Å². The van der Waals surface area contributed by atoms with Crippen LogP contribution in [0.25, 0.3) is 0 Å². The molecular formula is C9H17NaO10. The van der Waals surface area contributed by atoms with Crippen LogP contribution in [0.5, 0.6) is 0 Å². The smallest absolute Gasteiger partial charge is 0.547 e. The van der Waals surface area contributed by atoms with Gasteiger partial charge in [-0.15, -0.1) is 0 Å². The van der Waals surface area contributed by atoms with Crippen molar-refractivity contribution in [2.45, 2.75) is 37.4 Å². The van der Waals surface area contributed by atoms with Crippen molar-refractivity contribution in [3.63, 3.8) is 0 Å². The van der Waals surface area contributed by atoms with Gasteiger partial charge in [0, 0.05) is 0 Å².